The van der Waals surface area contributed by atoms with Crippen LogP contribution in [-0.4, -0.2) is 15.4 Å². The summed E-state index contributed by atoms with van der Waals surface area (Å²) in [4.78, 5) is 10.3. The normalized spacial score (nSPS) is 31.2. The number of carboxylic acid groups (broad SMARTS) is 1. The maximum absolute atomic E-state index is 10.3. The molecule has 0 aromatic heterocycles. The van der Waals surface area contributed by atoms with E-state index in [4.69, 9.17) is 16.7 Å². The van der Waals surface area contributed by atoms with Crippen LogP contribution >= 0.6 is 23.4 Å². The Morgan fingerprint density at radius 3 is 2.80 bits per heavy atom. The Morgan fingerprint density at radius 2 is 2.60 bits per heavy atom. The first kappa shape index (κ1) is 7.75. The fourth-order valence-electron chi connectivity index (χ4n) is 0.573. The van der Waals surface area contributed by atoms with E-state index in [0.29, 0.717) is 0 Å². The molecule has 0 aliphatic carbocycles. The molecule has 0 radical (unpaired) electrons. The number of hydrogen-bond donors (Lipinski definition) is 2. The van der Waals surface area contributed by atoms with E-state index in [0.717, 1.165) is 0 Å². The molecule has 0 bridgehead atoms. The number of halogens is 1. The molecule has 3 nitrogen and oxygen atoms in total. The topological polar surface area (TPSA) is 49.3 Å². The van der Waals surface area contributed by atoms with Crippen LogP contribution in [0.4, 0.5) is 0 Å². The van der Waals surface area contributed by atoms with Crippen molar-refractivity contribution in [2.75, 3.05) is 0 Å². The van der Waals surface area contributed by atoms with E-state index in [9.17, 15) is 4.79 Å². The number of alkyl halides is 1. The monoisotopic (exact) mass is 179 g/mol. The van der Waals surface area contributed by atoms with Gasteiger partial charge in [0.25, 0.3) is 0 Å². The summed E-state index contributed by atoms with van der Waals surface area (Å²) in [5.74, 6) is -0.975. The summed E-state index contributed by atoms with van der Waals surface area (Å²) >= 11 is 6.99. The third kappa shape index (κ3) is 1.58. The third-order valence-corrected chi connectivity index (χ3v) is 2.25. The van der Waals surface area contributed by atoms with Crippen molar-refractivity contribution in [3.8, 4) is 0 Å². The summed E-state index contributed by atoms with van der Waals surface area (Å²) in [5, 5.41) is 12.6. The quantitative estimate of drug-likeness (QED) is 0.469. The van der Waals surface area contributed by atoms with Gasteiger partial charge in [-0.15, -0.1) is 0 Å². The Balaban J connectivity index is 2.64. The molecule has 0 saturated carbocycles. The summed E-state index contributed by atoms with van der Waals surface area (Å²) in [6.07, 6.45) is 0. The van der Waals surface area contributed by atoms with Gasteiger partial charge in [-0.1, -0.05) is 23.4 Å². The van der Waals surface area contributed by atoms with Crippen LogP contribution in [0, 0.1) is 0 Å². The first-order valence-corrected chi connectivity index (χ1v) is 3.85. The zero-order valence-electron chi connectivity index (χ0n) is 5.22. The van der Waals surface area contributed by atoms with E-state index in [1.54, 1.807) is 6.92 Å². The van der Waals surface area contributed by atoms with Gasteiger partial charge >= 0.3 is 5.97 Å². The minimum absolute atomic E-state index is 0.155. The molecule has 1 unspecified atom stereocenters. The second kappa shape index (κ2) is 2.36. The van der Waals surface area contributed by atoms with E-state index >= 15 is 0 Å². The molecule has 0 aromatic rings. The van der Waals surface area contributed by atoms with Gasteiger partial charge in [-0.3, -0.25) is 0 Å². The highest BCUT2D eigenvalue weighted by atomic mass is 35.5. The highest BCUT2D eigenvalue weighted by molar-refractivity contribution is 8.04. The van der Waals surface area contributed by atoms with Gasteiger partial charge < -0.3 is 10.4 Å². The minimum Gasteiger partial charge on any atom is -0.477 e. The second-order valence-corrected chi connectivity index (χ2v) is 4.26. The lowest BCUT2D eigenvalue weighted by atomic mass is 10.5. The largest absolute Gasteiger partial charge is 0.477 e. The number of thioether (sulfide) groups is 1. The summed E-state index contributed by atoms with van der Waals surface area (Å²) < 4.78 is -0.687. The van der Waals surface area contributed by atoms with Crippen molar-refractivity contribution in [1.29, 1.82) is 0 Å². The minimum atomic E-state index is -0.975. The molecule has 5 heteroatoms. The van der Waals surface area contributed by atoms with Crippen LogP contribution in [-0.2, 0) is 4.79 Å². The summed E-state index contributed by atoms with van der Waals surface area (Å²) in [6.45, 7) is 1.70. The molecule has 0 amide bonds. The third-order valence-electron chi connectivity index (χ3n) is 0.986. The van der Waals surface area contributed by atoms with E-state index in [-0.39, 0.29) is 5.70 Å². The van der Waals surface area contributed by atoms with Crippen LogP contribution in [0.2, 0.25) is 0 Å². The lowest BCUT2D eigenvalue weighted by Crippen LogP contribution is -2.30. The zero-order chi connectivity index (χ0) is 7.78. The first-order valence-electron chi connectivity index (χ1n) is 2.60. The molecule has 1 rings (SSSR count). The smallest absolute Gasteiger partial charge is 0.352 e. The second-order valence-electron chi connectivity index (χ2n) is 2.00. The van der Waals surface area contributed by atoms with Crippen LogP contribution < -0.4 is 5.32 Å². The maximum Gasteiger partial charge on any atom is 0.352 e. The molecule has 0 aromatic carbocycles. The average molecular weight is 180 g/mol. The van der Waals surface area contributed by atoms with Crippen molar-refractivity contribution >= 4 is 29.3 Å². The number of rotatable bonds is 1. The van der Waals surface area contributed by atoms with Gasteiger partial charge in [0, 0.05) is 5.41 Å². The SMILES string of the molecule is CC1(Cl)NC(C(=O)O)=CS1. The van der Waals surface area contributed by atoms with Gasteiger partial charge in [0.05, 0.1) is 0 Å². The predicted molar refractivity (Wildman–Crippen MR) is 40.7 cm³/mol. The summed E-state index contributed by atoms with van der Waals surface area (Å²) in [7, 11) is 0. The number of hydrogen-bond acceptors (Lipinski definition) is 3. The molecule has 0 saturated heterocycles. The molecule has 56 valence electrons. The van der Waals surface area contributed by atoms with Crippen molar-refractivity contribution < 1.29 is 9.90 Å². The highest BCUT2D eigenvalue weighted by Crippen LogP contribution is 2.34. The molecule has 10 heavy (non-hydrogen) atoms. The van der Waals surface area contributed by atoms with Gasteiger partial charge in [0.15, 0.2) is 4.33 Å². The van der Waals surface area contributed by atoms with Gasteiger partial charge in [0.1, 0.15) is 5.70 Å². The predicted octanol–water partition coefficient (Wildman–Crippen LogP) is 1.16. The Morgan fingerprint density at radius 1 is 2.00 bits per heavy atom. The van der Waals surface area contributed by atoms with E-state index < -0.39 is 10.3 Å². The van der Waals surface area contributed by atoms with Crippen LogP contribution in [0.15, 0.2) is 11.1 Å². The molecule has 2 N–H and O–H groups in total. The van der Waals surface area contributed by atoms with Gasteiger partial charge in [-0.25, -0.2) is 4.79 Å². The molecule has 1 aliphatic rings. The van der Waals surface area contributed by atoms with Crippen molar-refractivity contribution in [3.05, 3.63) is 11.1 Å². The maximum atomic E-state index is 10.3. The summed E-state index contributed by atoms with van der Waals surface area (Å²) in [5.41, 5.74) is 0.155. The lowest BCUT2D eigenvalue weighted by Gasteiger charge is -2.14. The first-order chi connectivity index (χ1) is 4.51. The fraction of sp³-hybridized carbons (Fsp3) is 0.400. The van der Waals surface area contributed by atoms with Gasteiger partial charge in [-0.05, 0) is 6.92 Å². The Kier molecular flexibility index (Phi) is 1.83. The molecule has 1 atom stereocenters. The van der Waals surface area contributed by atoms with Crippen LogP contribution in [0.3, 0.4) is 0 Å². The number of carbonyl (C=O) groups is 1. The highest BCUT2D eigenvalue weighted by Gasteiger charge is 2.29. The summed E-state index contributed by atoms with van der Waals surface area (Å²) in [6, 6.07) is 0. The van der Waals surface area contributed by atoms with Crippen LogP contribution in [0.5, 0.6) is 0 Å². The van der Waals surface area contributed by atoms with Crippen molar-refractivity contribution in [1.82, 2.24) is 5.32 Å². The van der Waals surface area contributed by atoms with Gasteiger partial charge in [0.2, 0.25) is 0 Å². The number of carboxylic acids is 1. The molecule has 0 spiro atoms. The van der Waals surface area contributed by atoms with Crippen molar-refractivity contribution in [2.24, 2.45) is 0 Å². The van der Waals surface area contributed by atoms with Gasteiger partial charge in [-0.2, -0.15) is 0 Å². The Bertz CT molecular complexity index is 202. The fourth-order valence-corrected chi connectivity index (χ4v) is 1.48. The Hall–Kier alpha value is -0.350. The van der Waals surface area contributed by atoms with E-state index in [1.807, 2.05) is 0 Å². The molecular formula is C5H6ClNO2S. The molecule has 1 aliphatic heterocycles. The Labute approximate surface area is 67.4 Å². The van der Waals surface area contributed by atoms with Crippen LogP contribution in [0.1, 0.15) is 6.92 Å². The van der Waals surface area contributed by atoms with Crippen molar-refractivity contribution in [2.45, 2.75) is 11.3 Å². The number of aliphatic carboxylic acids is 1. The zero-order valence-corrected chi connectivity index (χ0v) is 6.79. The average Bonchev–Trinajstić information content (AvgIpc) is 2.10. The number of nitrogens with one attached hydrogen (secondary N) is 1. The van der Waals surface area contributed by atoms with E-state index in [2.05, 4.69) is 5.32 Å². The van der Waals surface area contributed by atoms with E-state index in [1.165, 1.54) is 17.2 Å². The van der Waals surface area contributed by atoms with Crippen molar-refractivity contribution in [3.63, 3.8) is 0 Å². The molecular weight excluding hydrogens is 174 g/mol. The molecule has 1 heterocycles. The van der Waals surface area contributed by atoms with Crippen LogP contribution in [0.25, 0.3) is 0 Å². The molecule has 0 fully saturated rings. The lowest BCUT2D eigenvalue weighted by molar-refractivity contribution is -0.133. The standard InChI is InChI=1S/C5H6ClNO2S/c1-5(6)7-3(2-10-5)4(8)9/h2,7H,1H3,(H,8,9).